The second-order valence-corrected chi connectivity index (χ2v) is 6.91. The van der Waals surface area contributed by atoms with Gasteiger partial charge in [-0.25, -0.2) is 0 Å². The van der Waals surface area contributed by atoms with E-state index in [4.69, 9.17) is 16.3 Å². The Bertz CT molecular complexity index is 623. The van der Waals surface area contributed by atoms with Gasteiger partial charge in [-0.2, -0.15) is 0 Å². The molecule has 2 heterocycles. The molecule has 26 heavy (non-hydrogen) atoms. The fourth-order valence-corrected chi connectivity index (χ4v) is 3.43. The third-order valence-electron chi connectivity index (χ3n) is 4.64. The second-order valence-electron chi connectivity index (χ2n) is 6.50. The van der Waals surface area contributed by atoms with Gasteiger partial charge in [-0.3, -0.25) is 9.59 Å². The molecule has 0 radical (unpaired) electrons. The van der Waals surface area contributed by atoms with Gasteiger partial charge in [0.05, 0.1) is 18.6 Å². The number of benzene rings is 1. The number of ether oxygens (including phenoxy) is 1. The average Bonchev–Trinajstić information content (AvgIpc) is 3.12. The van der Waals surface area contributed by atoms with Crippen LogP contribution in [0.3, 0.4) is 0 Å². The van der Waals surface area contributed by atoms with Crippen LogP contribution in [0, 0.1) is 0 Å². The third-order valence-corrected chi connectivity index (χ3v) is 5.01. The zero-order valence-corrected chi connectivity index (χ0v) is 16.2. The molecule has 2 amide bonds. The number of nitrogens with zero attached hydrogens (tertiary/aromatic N) is 1. The summed E-state index contributed by atoms with van der Waals surface area (Å²) in [7, 11) is 0. The molecular formula is C18H25Cl2N3O3. The first-order valence-corrected chi connectivity index (χ1v) is 9.15. The number of hydrogen-bond acceptors (Lipinski definition) is 4. The van der Waals surface area contributed by atoms with Gasteiger partial charge < -0.3 is 20.3 Å². The highest BCUT2D eigenvalue weighted by molar-refractivity contribution is 6.31. The van der Waals surface area contributed by atoms with Crippen LogP contribution in [0.15, 0.2) is 24.3 Å². The van der Waals surface area contributed by atoms with Gasteiger partial charge in [-0.1, -0.05) is 29.8 Å². The lowest BCUT2D eigenvalue weighted by molar-refractivity contribution is -0.138. The second kappa shape index (κ2) is 10.1. The number of amides is 2. The Labute approximate surface area is 165 Å². The highest BCUT2D eigenvalue weighted by atomic mass is 35.5. The number of halogens is 2. The lowest BCUT2D eigenvalue weighted by atomic mass is 10.1. The van der Waals surface area contributed by atoms with E-state index < -0.39 is 6.04 Å². The van der Waals surface area contributed by atoms with Crippen LogP contribution >= 0.6 is 24.0 Å². The molecular weight excluding hydrogens is 377 g/mol. The Balaban J connectivity index is 0.00000243. The van der Waals surface area contributed by atoms with E-state index in [1.54, 1.807) is 4.90 Å². The lowest BCUT2D eigenvalue weighted by Gasteiger charge is -2.33. The Hall–Kier alpha value is -1.34. The lowest BCUT2D eigenvalue weighted by Crippen LogP contribution is -2.56. The van der Waals surface area contributed by atoms with Gasteiger partial charge in [0.1, 0.15) is 0 Å². The molecule has 2 unspecified atom stereocenters. The predicted octanol–water partition coefficient (Wildman–Crippen LogP) is 1.75. The van der Waals surface area contributed by atoms with Crippen molar-refractivity contribution >= 4 is 35.8 Å². The largest absolute Gasteiger partial charge is 0.376 e. The standard InChI is InChI=1S/C18H24ClN3O3.ClH/c19-15-6-2-1-4-13(15)12-22-8-7-20-16(18(22)24)10-17(23)21-11-14-5-3-9-25-14;/h1-2,4,6,14,16,20H,3,5,7-12H2,(H,21,23);1H. The zero-order valence-electron chi connectivity index (χ0n) is 14.6. The first-order valence-electron chi connectivity index (χ1n) is 8.77. The summed E-state index contributed by atoms with van der Waals surface area (Å²) in [6, 6.07) is 7.03. The van der Waals surface area contributed by atoms with Gasteiger partial charge in [0.15, 0.2) is 0 Å². The van der Waals surface area contributed by atoms with Crippen molar-refractivity contribution < 1.29 is 14.3 Å². The van der Waals surface area contributed by atoms with Crippen LogP contribution in [0.5, 0.6) is 0 Å². The van der Waals surface area contributed by atoms with E-state index in [2.05, 4.69) is 10.6 Å². The Morgan fingerprint density at radius 2 is 2.19 bits per heavy atom. The minimum atomic E-state index is -0.485. The maximum Gasteiger partial charge on any atom is 0.240 e. The molecule has 2 aliphatic rings. The van der Waals surface area contributed by atoms with Crippen molar-refractivity contribution in [3.05, 3.63) is 34.9 Å². The van der Waals surface area contributed by atoms with Crippen molar-refractivity contribution in [2.24, 2.45) is 0 Å². The molecule has 0 aliphatic carbocycles. The highest BCUT2D eigenvalue weighted by Crippen LogP contribution is 2.18. The molecule has 0 bridgehead atoms. The van der Waals surface area contributed by atoms with Gasteiger partial charge >= 0.3 is 0 Å². The third kappa shape index (κ3) is 5.58. The summed E-state index contributed by atoms with van der Waals surface area (Å²) >= 11 is 6.19. The fraction of sp³-hybridized carbons (Fsp3) is 0.556. The van der Waals surface area contributed by atoms with Crippen molar-refractivity contribution in [1.82, 2.24) is 15.5 Å². The molecule has 3 rings (SSSR count). The SMILES string of the molecule is Cl.O=C(CC1NCCN(Cc2ccccc2Cl)C1=O)NCC1CCCO1. The number of hydrogen-bond donors (Lipinski definition) is 2. The van der Waals surface area contributed by atoms with E-state index in [9.17, 15) is 9.59 Å². The van der Waals surface area contributed by atoms with E-state index in [1.165, 1.54) is 0 Å². The summed E-state index contributed by atoms with van der Waals surface area (Å²) in [4.78, 5) is 26.5. The van der Waals surface area contributed by atoms with Gasteiger partial charge in [-0.05, 0) is 24.5 Å². The van der Waals surface area contributed by atoms with Crippen LogP contribution < -0.4 is 10.6 Å². The summed E-state index contributed by atoms with van der Waals surface area (Å²) in [6.45, 7) is 3.02. The number of carbonyl (C=O) groups is 2. The summed E-state index contributed by atoms with van der Waals surface area (Å²) in [5, 5.41) is 6.66. The molecule has 0 aromatic heterocycles. The van der Waals surface area contributed by atoms with Gasteiger partial charge in [-0.15, -0.1) is 12.4 Å². The fourth-order valence-electron chi connectivity index (χ4n) is 3.23. The number of carbonyl (C=O) groups excluding carboxylic acids is 2. The van der Waals surface area contributed by atoms with Crippen LogP contribution in [-0.4, -0.2) is 55.1 Å². The van der Waals surface area contributed by atoms with Crippen LogP contribution in [0.25, 0.3) is 0 Å². The summed E-state index contributed by atoms with van der Waals surface area (Å²) in [6.07, 6.45) is 2.27. The quantitative estimate of drug-likeness (QED) is 0.761. The summed E-state index contributed by atoms with van der Waals surface area (Å²) < 4.78 is 5.49. The maximum absolute atomic E-state index is 12.7. The van der Waals surface area contributed by atoms with Gasteiger partial charge in [0.2, 0.25) is 11.8 Å². The van der Waals surface area contributed by atoms with E-state index in [1.807, 2.05) is 24.3 Å². The van der Waals surface area contributed by atoms with Crippen molar-refractivity contribution in [3.63, 3.8) is 0 Å². The molecule has 2 N–H and O–H groups in total. The normalized spacial score (nSPS) is 22.8. The van der Waals surface area contributed by atoms with Crippen LogP contribution in [0.4, 0.5) is 0 Å². The van der Waals surface area contributed by atoms with E-state index in [-0.39, 0.29) is 36.7 Å². The Morgan fingerprint density at radius 1 is 1.38 bits per heavy atom. The Morgan fingerprint density at radius 3 is 2.92 bits per heavy atom. The summed E-state index contributed by atoms with van der Waals surface area (Å²) in [5.41, 5.74) is 0.918. The van der Waals surface area contributed by atoms with Crippen LogP contribution in [0.1, 0.15) is 24.8 Å². The maximum atomic E-state index is 12.7. The van der Waals surface area contributed by atoms with Crippen LogP contribution in [0.2, 0.25) is 5.02 Å². The molecule has 2 aliphatic heterocycles. The van der Waals surface area contributed by atoms with Gasteiger partial charge in [0, 0.05) is 37.8 Å². The number of rotatable bonds is 6. The number of nitrogens with one attached hydrogen (secondary N) is 2. The molecule has 8 heteroatoms. The monoisotopic (exact) mass is 401 g/mol. The predicted molar refractivity (Wildman–Crippen MR) is 103 cm³/mol. The van der Waals surface area contributed by atoms with Gasteiger partial charge in [0.25, 0.3) is 0 Å². The minimum absolute atomic E-state index is 0. The smallest absolute Gasteiger partial charge is 0.240 e. The Kier molecular flexibility index (Phi) is 8.15. The molecule has 2 atom stereocenters. The highest BCUT2D eigenvalue weighted by Gasteiger charge is 2.30. The van der Waals surface area contributed by atoms with Crippen LogP contribution in [-0.2, 0) is 20.9 Å². The molecule has 0 saturated carbocycles. The van der Waals surface area contributed by atoms with Crippen molar-refractivity contribution in [2.45, 2.75) is 38.0 Å². The summed E-state index contributed by atoms with van der Waals surface area (Å²) in [5.74, 6) is -0.181. The molecule has 1 aromatic carbocycles. The molecule has 6 nitrogen and oxygen atoms in total. The topological polar surface area (TPSA) is 70.7 Å². The van der Waals surface area contributed by atoms with Crippen molar-refractivity contribution in [2.75, 3.05) is 26.2 Å². The molecule has 144 valence electrons. The average molecular weight is 402 g/mol. The van der Waals surface area contributed by atoms with E-state index in [0.717, 1.165) is 25.0 Å². The first kappa shape index (κ1) is 21.0. The first-order chi connectivity index (χ1) is 12.1. The van der Waals surface area contributed by atoms with Crippen molar-refractivity contribution in [3.8, 4) is 0 Å². The molecule has 2 saturated heterocycles. The van der Waals surface area contributed by atoms with E-state index in [0.29, 0.717) is 31.2 Å². The van der Waals surface area contributed by atoms with Crippen molar-refractivity contribution in [1.29, 1.82) is 0 Å². The molecule has 2 fully saturated rings. The molecule has 0 spiro atoms. The minimum Gasteiger partial charge on any atom is -0.376 e. The zero-order chi connectivity index (χ0) is 17.6. The number of piperazine rings is 1. The van der Waals surface area contributed by atoms with E-state index >= 15 is 0 Å². The molecule has 1 aromatic rings.